The molecule has 16 heavy (non-hydrogen) atoms. The molecule has 3 heteroatoms. The first kappa shape index (κ1) is 11.0. The molecule has 2 aromatic rings. The van der Waals surface area contributed by atoms with Crippen LogP contribution in [0.5, 0.6) is 5.75 Å². The highest BCUT2D eigenvalue weighted by molar-refractivity contribution is 6.33. The molecule has 0 fully saturated rings. The number of methoxy groups -OCH3 is 1. The molecule has 0 aliphatic heterocycles. The summed E-state index contributed by atoms with van der Waals surface area (Å²) in [5, 5.41) is 0.589. The summed E-state index contributed by atoms with van der Waals surface area (Å²) >= 11 is 6.11. The van der Waals surface area contributed by atoms with E-state index in [4.69, 9.17) is 16.3 Å². The second-order valence-corrected chi connectivity index (χ2v) is 3.73. The van der Waals surface area contributed by atoms with Gasteiger partial charge in [0.15, 0.2) is 0 Å². The summed E-state index contributed by atoms with van der Waals surface area (Å²) in [5.41, 5.74) is 1.62. The molecule has 1 nitrogen and oxygen atoms in total. The Morgan fingerprint density at radius 2 is 1.75 bits per heavy atom. The average molecular weight is 237 g/mol. The van der Waals surface area contributed by atoms with E-state index in [1.165, 1.54) is 12.1 Å². The molecule has 0 aromatic heterocycles. The van der Waals surface area contributed by atoms with Crippen molar-refractivity contribution < 1.29 is 9.13 Å². The van der Waals surface area contributed by atoms with Gasteiger partial charge >= 0.3 is 0 Å². The van der Waals surface area contributed by atoms with Crippen molar-refractivity contribution in [3.63, 3.8) is 0 Å². The fraction of sp³-hybridized carbons (Fsp3) is 0.0769. The Morgan fingerprint density at radius 3 is 2.38 bits per heavy atom. The summed E-state index contributed by atoms with van der Waals surface area (Å²) in [6.07, 6.45) is 0. The number of hydrogen-bond acceptors (Lipinski definition) is 1. The number of rotatable bonds is 2. The zero-order valence-corrected chi connectivity index (χ0v) is 9.46. The molecule has 0 unspecified atom stereocenters. The van der Waals surface area contributed by atoms with Gasteiger partial charge in [-0.3, -0.25) is 0 Å². The maximum absolute atomic E-state index is 12.8. The van der Waals surface area contributed by atoms with Gasteiger partial charge in [-0.25, -0.2) is 4.39 Å². The van der Waals surface area contributed by atoms with Gasteiger partial charge in [0, 0.05) is 5.56 Å². The van der Waals surface area contributed by atoms with E-state index in [0.717, 1.165) is 11.1 Å². The van der Waals surface area contributed by atoms with Crippen LogP contribution in [-0.2, 0) is 0 Å². The first-order valence-electron chi connectivity index (χ1n) is 4.81. The van der Waals surface area contributed by atoms with Crippen molar-refractivity contribution in [2.45, 2.75) is 0 Å². The molecule has 0 bridgehead atoms. The van der Waals surface area contributed by atoms with Crippen LogP contribution < -0.4 is 4.74 Å². The molecule has 0 amide bonds. The Bertz CT molecular complexity index is 494. The third-order valence-electron chi connectivity index (χ3n) is 2.33. The average Bonchev–Trinajstić information content (AvgIpc) is 2.30. The zero-order chi connectivity index (χ0) is 11.5. The van der Waals surface area contributed by atoms with Crippen LogP contribution in [0, 0.1) is 5.82 Å². The largest absolute Gasteiger partial charge is 0.496 e. The molecule has 0 atom stereocenters. The molecule has 0 saturated carbocycles. The van der Waals surface area contributed by atoms with Crippen molar-refractivity contribution in [1.82, 2.24) is 0 Å². The van der Waals surface area contributed by atoms with Gasteiger partial charge in [0.25, 0.3) is 0 Å². The van der Waals surface area contributed by atoms with E-state index in [0.29, 0.717) is 10.8 Å². The topological polar surface area (TPSA) is 9.23 Å². The van der Waals surface area contributed by atoms with Crippen LogP contribution in [0.2, 0.25) is 5.02 Å². The van der Waals surface area contributed by atoms with Gasteiger partial charge in [-0.2, -0.15) is 0 Å². The lowest BCUT2D eigenvalue weighted by molar-refractivity contribution is 0.416. The Kier molecular flexibility index (Phi) is 3.11. The van der Waals surface area contributed by atoms with Crippen LogP contribution >= 0.6 is 11.6 Å². The van der Waals surface area contributed by atoms with Crippen LogP contribution in [0.4, 0.5) is 4.39 Å². The quantitative estimate of drug-likeness (QED) is 0.761. The van der Waals surface area contributed by atoms with Crippen LogP contribution in [0.3, 0.4) is 0 Å². The van der Waals surface area contributed by atoms with Crippen molar-refractivity contribution in [2.24, 2.45) is 0 Å². The number of hydrogen-bond donors (Lipinski definition) is 0. The van der Waals surface area contributed by atoms with Crippen LogP contribution in [0.1, 0.15) is 0 Å². The number of ether oxygens (including phenoxy) is 1. The van der Waals surface area contributed by atoms with Gasteiger partial charge in [0.1, 0.15) is 11.6 Å². The SMILES string of the molecule is COc1cccc(Cl)c1-c1ccc(F)cc1. The monoisotopic (exact) mass is 236 g/mol. The summed E-state index contributed by atoms with van der Waals surface area (Å²) in [4.78, 5) is 0. The Labute approximate surface area is 98.4 Å². The fourth-order valence-electron chi connectivity index (χ4n) is 1.57. The van der Waals surface area contributed by atoms with Crippen molar-refractivity contribution in [3.05, 3.63) is 53.3 Å². The minimum atomic E-state index is -0.269. The van der Waals surface area contributed by atoms with Gasteiger partial charge in [-0.1, -0.05) is 29.8 Å². The Morgan fingerprint density at radius 1 is 1.06 bits per heavy atom. The molecule has 0 aliphatic rings. The van der Waals surface area contributed by atoms with E-state index in [1.54, 1.807) is 25.3 Å². The maximum atomic E-state index is 12.8. The molecule has 0 spiro atoms. The summed E-state index contributed by atoms with van der Waals surface area (Å²) in [6, 6.07) is 11.6. The van der Waals surface area contributed by atoms with Crippen molar-refractivity contribution in [2.75, 3.05) is 7.11 Å². The lowest BCUT2D eigenvalue weighted by Gasteiger charge is -2.10. The van der Waals surface area contributed by atoms with Gasteiger partial charge in [0.2, 0.25) is 0 Å². The first-order valence-corrected chi connectivity index (χ1v) is 5.18. The molecular formula is C13H10ClFO. The van der Waals surface area contributed by atoms with E-state index in [-0.39, 0.29) is 5.82 Å². The maximum Gasteiger partial charge on any atom is 0.128 e. The minimum absolute atomic E-state index is 0.269. The minimum Gasteiger partial charge on any atom is -0.496 e. The number of halogens is 2. The second-order valence-electron chi connectivity index (χ2n) is 3.32. The molecule has 0 N–H and O–H groups in total. The summed E-state index contributed by atoms with van der Waals surface area (Å²) in [5.74, 6) is 0.411. The highest BCUT2D eigenvalue weighted by Gasteiger charge is 2.09. The van der Waals surface area contributed by atoms with E-state index in [1.807, 2.05) is 12.1 Å². The summed E-state index contributed by atoms with van der Waals surface area (Å²) in [6.45, 7) is 0. The molecule has 0 saturated heterocycles. The summed E-state index contributed by atoms with van der Waals surface area (Å²) < 4.78 is 18.1. The van der Waals surface area contributed by atoms with Crippen molar-refractivity contribution in [1.29, 1.82) is 0 Å². The first-order chi connectivity index (χ1) is 7.72. The predicted octanol–water partition coefficient (Wildman–Crippen LogP) is 4.15. The van der Waals surface area contributed by atoms with Crippen LogP contribution in [-0.4, -0.2) is 7.11 Å². The van der Waals surface area contributed by atoms with E-state index in [9.17, 15) is 4.39 Å². The van der Waals surface area contributed by atoms with Gasteiger partial charge < -0.3 is 4.74 Å². The standard InChI is InChI=1S/C13H10ClFO/c1-16-12-4-2-3-11(14)13(12)9-5-7-10(15)8-6-9/h2-8H,1H3. The third-order valence-corrected chi connectivity index (χ3v) is 2.64. The van der Waals surface area contributed by atoms with Gasteiger partial charge in [0.05, 0.1) is 12.1 Å². The lowest BCUT2D eigenvalue weighted by atomic mass is 10.0. The zero-order valence-electron chi connectivity index (χ0n) is 8.71. The van der Waals surface area contributed by atoms with E-state index >= 15 is 0 Å². The van der Waals surface area contributed by atoms with Gasteiger partial charge in [-0.05, 0) is 29.8 Å². The van der Waals surface area contributed by atoms with Crippen molar-refractivity contribution >= 4 is 11.6 Å². The molecule has 2 rings (SSSR count). The molecule has 0 radical (unpaired) electrons. The number of benzene rings is 2. The van der Waals surface area contributed by atoms with E-state index in [2.05, 4.69) is 0 Å². The Hall–Kier alpha value is -1.54. The normalized spacial score (nSPS) is 10.2. The van der Waals surface area contributed by atoms with Crippen LogP contribution in [0.25, 0.3) is 11.1 Å². The summed E-state index contributed by atoms with van der Waals surface area (Å²) in [7, 11) is 1.58. The fourth-order valence-corrected chi connectivity index (χ4v) is 1.85. The predicted molar refractivity (Wildman–Crippen MR) is 63.4 cm³/mol. The molecule has 82 valence electrons. The van der Waals surface area contributed by atoms with Crippen LogP contribution in [0.15, 0.2) is 42.5 Å². The molecular weight excluding hydrogens is 227 g/mol. The Balaban J connectivity index is 2.58. The van der Waals surface area contributed by atoms with E-state index < -0.39 is 0 Å². The second kappa shape index (κ2) is 4.54. The lowest BCUT2D eigenvalue weighted by Crippen LogP contribution is -1.88. The molecule has 2 aromatic carbocycles. The van der Waals surface area contributed by atoms with Crippen molar-refractivity contribution in [3.8, 4) is 16.9 Å². The molecule has 0 heterocycles. The highest BCUT2D eigenvalue weighted by Crippen LogP contribution is 2.36. The third kappa shape index (κ3) is 2.02. The molecule has 0 aliphatic carbocycles. The highest BCUT2D eigenvalue weighted by atomic mass is 35.5. The smallest absolute Gasteiger partial charge is 0.128 e. The van der Waals surface area contributed by atoms with Gasteiger partial charge in [-0.15, -0.1) is 0 Å².